The van der Waals surface area contributed by atoms with Gasteiger partial charge < -0.3 is 9.57 Å². The minimum Gasteiger partial charge on any atom is -0.439 e. The van der Waals surface area contributed by atoms with Gasteiger partial charge in [0.05, 0.1) is 11.3 Å². The van der Waals surface area contributed by atoms with E-state index in [2.05, 4.69) is 26.1 Å². The van der Waals surface area contributed by atoms with Crippen molar-refractivity contribution in [3.63, 3.8) is 0 Å². The number of benzene rings is 1. The van der Waals surface area contributed by atoms with Gasteiger partial charge in [-0.3, -0.25) is 0 Å². The number of hydrogen-bond acceptors (Lipinski definition) is 4. The van der Waals surface area contributed by atoms with Gasteiger partial charge in [0.25, 0.3) is 0 Å². The maximum absolute atomic E-state index is 12.8. The molecule has 1 aromatic heterocycles. The molecule has 4 nitrogen and oxygen atoms in total. The number of ether oxygens (including phenoxy) is 1. The third-order valence-corrected chi connectivity index (χ3v) is 3.88. The van der Waals surface area contributed by atoms with E-state index in [0.29, 0.717) is 22.3 Å². The van der Waals surface area contributed by atoms with Gasteiger partial charge in [-0.25, -0.2) is 4.98 Å². The summed E-state index contributed by atoms with van der Waals surface area (Å²) in [5.74, 6) is 0.306. The summed E-state index contributed by atoms with van der Waals surface area (Å²) in [7, 11) is 0. The van der Waals surface area contributed by atoms with Crippen molar-refractivity contribution in [1.82, 2.24) is 4.98 Å². The summed E-state index contributed by atoms with van der Waals surface area (Å²) in [6.07, 6.45) is -4.23. The SMILES string of the molecule is Cc1ccc([C@H]2CC(Br)=NO2)nc1Oc1cccc(C(F)(F)F)c1. The highest BCUT2D eigenvalue weighted by atomic mass is 79.9. The zero-order valence-corrected chi connectivity index (χ0v) is 14.1. The van der Waals surface area contributed by atoms with Crippen molar-refractivity contribution >= 4 is 20.6 Å². The minimum absolute atomic E-state index is 0.0716. The van der Waals surface area contributed by atoms with E-state index in [-0.39, 0.29) is 17.7 Å². The molecule has 0 aliphatic carbocycles. The molecule has 2 heterocycles. The number of aryl methyl sites for hydroxylation is 1. The first-order valence-corrected chi connectivity index (χ1v) is 7.83. The smallest absolute Gasteiger partial charge is 0.416 e. The lowest BCUT2D eigenvalue weighted by atomic mass is 10.1. The molecule has 1 atom stereocenters. The van der Waals surface area contributed by atoms with Crippen LogP contribution in [-0.4, -0.2) is 9.60 Å². The van der Waals surface area contributed by atoms with Crippen molar-refractivity contribution in [2.24, 2.45) is 5.16 Å². The van der Waals surface area contributed by atoms with E-state index >= 15 is 0 Å². The Labute approximate surface area is 144 Å². The van der Waals surface area contributed by atoms with Gasteiger partial charge in [0.1, 0.15) is 10.4 Å². The number of pyridine rings is 1. The summed E-state index contributed by atoms with van der Waals surface area (Å²) in [5.41, 5.74) is 0.528. The number of oxime groups is 1. The Morgan fingerprint density at radius 3 is 2.71 bits per heavy atom. The van der Waals surface area contributed by atoms with Crippen LogP contribution < -0.4 is 4.74 Å². The average Bonchev–Trinajstić information content (AvgIpc) is 2.95. The predicted molar refractivity (Wildman–Crippen MR) is 85.3 cm³/mol. The van der Waals surface area contributed by atoms with Crippen LogP contribution in [0.2, 0.25) is 0 Å². The molecule has 24 heavy (non-hydrogen) atoms. The maximum atomic E-state index is 12.8. The molecule has 2 aromatic rings. The number of alkyl halides is 3. The average molecular weight is 401 g/mol. The zero-order valence-electron chi connectivity index (χ0n) is 12.5. The fraction of sp³-hybridized carbons (Fsp3) is 0.250. The lowest BCUT2D eigenvalue weighted by molar-refractivity contribution is -0.137. The van der Waals surface area contributed by atoms with Crippen LogP contribution >= 0.6 is 15.9 Å². The van der Waals surface area contributed by atoms with Crippen molar-refractivity contribution in [3.05, 3.63) is 53.2 Å². The minimum atomic E-state index is -4.43. The molecule has 0 saturated heterocycles. The van der Waals surface area contributed by atoms with E-state index in [1.807, 2.05) is 0 Å². The van der Waals surface area contributed by atoms with Crippen LogP contribution in [0.15, 0.2) is 41.6 Å². The van der Waals surface area contributed by atoms with Crippen LogP contribution in [0, 0.1) is 6.92 Å². The van der Waals surface area contributed by atoms with Crippen LogP contribution in [-0.2, 0) is 11.0 Å². The summed E-state index contributed by atoms with van der Waals surface area (Å²) >= 11 is 3.25. The number of nitrogens with zero attached hydrogens (tertiary/aromatic N) is 2. The van der Waals surface area contributed by atoms with Crippen molar-refractivity contribution in [2.75, 3.05) is 0 Å². The molecule has 1 aliphatic rings. The van der Waals surface area contributed by atoms with Gasteiger partial charge >= 0.3 is 6.18 Å². The Balaban J connectivity index is 1.85. The fourth-order valence-corrected chi connectivity index (χ4v) is 2.54. The second-order valence-electron chi connectivity index (χ2n) is 5.25. The molecule has 0 unspecified atom stereocenters. The Morgan fingerprint density at radius 1 is 1.25 bits per heavy atom. The Hall–Kier alpha value is -2.09. The van der Waals surface area contributed by atoms with E-state index < -0.39 is 11.7 Å². The van der Waals surface area contributed by atoms with E-state index in [4.69, 9.17) is 9.57 Å². The zero-order chi connectivity index (χ0) is 17.3. The van der Waals surface area contributed by atoms with Gasteiger partial charge in [-0.2, -0.15) is 13.2 Å². The molecule has 1 aromatic carbocycles. The third kappa shape index (κ3) is 3.69. The van der Waals surface area contributed by atoms with Gasteiger partial charge in [-0.1, -0.05) is 17.3 Å². The fourth-order valence-electron chi connectivity index (χ4n) is 2.16. The van der Waals surface area contributed by atoms with E-state index in [9.17, 15) is 13.2 Å². The Kier molecular flexibility index (Phi) is 4.49. The molecular weight excluding hydrogens is 389 g/mol. The molecule has 0 spiro atoms. The van der Waals surface area contributed by atoms with Crippen LogP contribution in [0.4, 0.5) is 13.2 Å². The third-order valence-electron chi connectivity index (χ3n) is 3.41. The van der Waals surface area contributed by atoms with Gasteiger partial charge in [0.2, 0.25) is 5.88 Å². The predicted octanol–water partition coefficient (Wildman–Crippen LogP) is 5.37. The van der Waals surface area contributed by atoms with Crippen molar-refractivity contribution in [2.45, 2.75) is 25.6 Å². The van der Waals surface area contributed by atoms with Gasteiger partial charge in [-0.05, 0) is 47.1 Å². The second-order valence-corrected chi connectivity index (χ2v) is 6.17. The Morgan fingerprint density at radius 2 is 2.04 bits per heavy atom. The summed E-state index contributed by atoms with van der Waals surface area (Å²) in [4.78, 5) is 9.59. The van der Waals surface area contributed by atoms with Crippen molar-refractivity contribution in [1.29, 1.82) is 0 Å². The molecule has 0 radical (unpaired) electrons. The monoisotopic (exact) mass is 400 g/mol. The van der Waals surface area contributed by atoms with Gasteiger partial charge in [-0.15, -0.1) is 0 Å². The van der Waals surface area contributed by atoms with Crippen LogP contribution in [0.25, 0.3) is 0 Å². The molecular formula is C16H12BrF3N2O2. The first-order valence-electron chi connectivity index (χ1n) is 7.04. The molecule has 0 N–H and O–H groups in total. The van der Waals surface area contributed by atoms with Crippen LogP contribution in [0.3, 0.4) is 0 Å². The number of halogens is 4. The Bertz CT molecular complexity index is 793. The van der Waals surface area contributed by atoms with E-state index in [1.54, 1.807) is 19.1 Å². The molecule has 8 heteroatoms. The summed E-state index contributed by atoms with van der Waals surface area (Å²) in [6, 6.07) is 8.24. The summed E-state index contributed by atoms with van der Waals surface area (Å²) < 4.78 is 44.6. The largest absolute Gasteiger partial charge is 0.439 e. The standard InChI is InChI=1S/C16H12BrF3N2O2/c1-9-5-6-12(13-8-14(17)22-24-13)21-15(9)23-11-4-2-3-10(7-11)16(18,19)20/h2-7,13H,8H2,1H3/t13-/m1/s1. The summed E-state index contributed by atoms with van der Waals surface area (Å²) in [5, 5.41) is 3.80. The van der Waals surface area contributed by atoms with Crippen molar-refractivity contribution in [3.8, 4) is 11.6 Å². The highest BCUT2D eigenvalue weighted by Crippen LogP contribution is 2.34. The van der Waals surface area contributed by atoms with E-state index in [0.717, 1.165) is 12.1 Å². The van der Waals surface area contributed by atoms with Crippen LogP contribution in [0.5, 0.6) is 11.6 Å². The lowest BCUT2D eigenvalue weighted by Gasteiger charge is -2.13. The molecule has 0 fully saturated rings. The molecule has 1 aliphatic heterocycles. The summed E-state index contributed by atoms with van der Waals surface area (Å²) in [6.45, 7) is 1.77. The topological polar surface area (TPSA) is 43.7 Å². The van der Waals surface area contributed by atoms with Crippen molar-refractivity contribution < 1.29 is 22.7 Å². The number of aromatic nitrogens is 1. The first kappa shape index (κ1) is 16.8. The molecule has 0 bridgehead atoms. The lowest BCUT2D eigenvalue weighted by Crippen LogP contribution is -2.05. The van der Waals surface area contributed by atoms with Gasteiger partial charge in [0, 0.05) is 12.0 Å². The highest BCUT2D eigenvalue weighted by molar-refractivity contribution is 9.18. The maximum Gasteiger partial charge on any atom is 0.416 e. The number of hydrogen-bond donors (Lipinski definition) is 0. The van der Waals surface area contributed by atoms with E-state index in [1.165, 1.54) is 12.1 Å². The molecule has 0 amide bonds. The number of rotatable bonds is 3. The quantitative estimate of drug-likeness (QED) is 0.695. The molecule has 126 valence electrons. The molecule has 0 saturated carbocycles. The molecule has 3 rings (SSSR count). The first-order chi connectivity index (χ1) is 11.3. The van der Waals surface area contributed by atoms with Gasteiger partial charge in [0.15, 0.2) is 6.10 Å². The normalized spacial score (nSPS) is 17.4. The second kappa shape index (κ2) is 6.43. The highest BCUT2D eigenvalue weighted by Gasteiger charge is 2.30. The van der Waals surface area contributed by atoms with Crippen LogP contribution in [0.1, 0.15) is 29.3 Å².